The van der Waals surface area contributed by atoms with Gasteiger partial charge in [0.15, 0.2) is 0 Å². The summed E-state index contributed by atoms with van der Waals surface area (Å²) in [5, 5.41) is 0. The molecule has 2 rings (SSSR count). The lowest BCUT2D eigenvalue weighted by atomic mass is 10.2. The molecule has 2 nitrogen and oxygen atoms in total. The average Bonchev–Trinajstić information content (AvgIpc) is 2.48. The fourth-order valence-corrected chi connectivity index (χ4v) is 2.83. The van der Waals surface area contributed by atoms with Gasteiger partial charge in [0.1, 0.15) is 0 Å². The summed E-state index contributed by atoms with van der Waals surface area (Å²) in [6.45, 7) is 0. The minimum absolute atomic E-state index is 0.275. The second-order valence-electron chi connectivity index (χ2n) is 4.07. The van der Waals surface area contributed by atoms with Crippen molar-refractivity contribution in [1.82, 2.24) is 0 Å². The van der Waals surface area contributed by atoms with Gasteiger partial charge in [-0.15, -0.1) is 11.8 Å². The Morgan fingerprint density at radius 1 is 1.05 bits per heavy atom. The van der Waals surface area contributed by atoms with E-state index in [1.165, 1.54) is 12.7 Å². The Balaban J connectivity index is 1.98. The molecule has 0 aliphatic heterocycles. The zero-order valence-corrected chi connectivity index (χ0v) is 11.7. The van der Waals surface area contributed by atoms with E-state index in [1.807, 2.05) is 36.4 Å². The van der Waals surface area contributed by atoms with Crippen LogP contribution in [0.4, 0.5) is 0 Å². The maximum atomic E-state index is 11.6. The van der Waals surface area contributed by atoms with Crippen molar-refractivity contribution in [1.29, 1.82) is 0 Å². The third-order valence-electron chi connectivity index (χ3n) is 2.78. The summed E-state index contributed by atoms with van der Waals surface area (Å²) in [6, 6.07) is 17.9. The smallest absolute Gasteiger partial charge is 0.338 e. The molecule has 0 N–H and O–H groups in total. The summed E-state index contributed by atoms with van der Waals surface area (Å²) in [5.41, 5.74) is 1.95. The number of hydrogen-bond donors (Lipinski definition) is 0. The molecule has 0 spiro atoms. The summed E-state index contributed by atoms with van der Waals surface area (Å²) < 4.78 is 4.79. The lowest BCUT2D eigenvalue weighted by Gasteiger charge is -2.07. The molecule has 0 aliphatic rings. The second kappa shape index (κ2) is 7.00. The van der Waals surface area contributed by atoms with Gasteiger partial charge in [0.2, 0.25) is 0 Å². The van der Waals surface area contributed by atoms with E-state index in [-0.39, 0.29) is 5.97 Å². The van der Waals surface area contributed by atoms with Gasteiger partial charge in [0.25, 0.3) is 0 Å². The highest BCUT2D eigenvalue weighted by Gasteiger charge is 2.10. The molecule has 0 aromatic heterocycles. The van der Waals surface area contributed by atoms with Crippen LogP contribution in [0.25, 0.3) is 0 Å². The molecular formula is C16H16O2S. The van der Waals surface area contributed by atoms with Crippen molar-refractivity contribution in [3.8, 4) is 0 Å². The summed E-state index contributed by atoms with van der Waals surface area (Å²) in [5.74, 6) is 0.667. The van der Waals surface area contributed by atoms with Gasteiger partial charge in [-0.3, -0.25) is 0 Å². The summed E-state index contributed by atoms with van der Waals surface area (Å²) in [7, 11) is 1.41. The molecule has 0 atom stereocenters. The Morgan fingerprint density at radius 3 is 2.47 bits per heavy atom. The largest absolute Gasteiger partial charge is 0.465 e. The number of carbonyl (C=O) groups excluding carboxylic acids is 1. The Kier molecular flexibility index (Phi) is 5.04. The van der Waals surface area contributed by atoms with Gasteiger partial charge in [0, 0.05) is 10.6 Å². The van der Waals surface area contributed by atoms with Gasteiger partial charge >= 0.3 is 5.97 Å². The van der Waals surface area contributed by atoms with Crippen molar-refractivity contribution in [3.63, 3.8) is 0 Å². The first-order valence-electron chi connectivity index (χ1n) is 6.15. The quantitative estimate of drug-likeness (QED) is 0.611. The highest BCUT2D eigenvalue weighted by molar-refractivity contribution is 7.99. The van der Waals surface area contributed by atoms with Crippen molar-refractivity contribution in [2.45, 2.75) is 11.3 Å². The number of benzene rings is 2. The Labute approximate surface area is 117 Å². The lowest BCUT2D eigenvalue weighted by molar-refractivity contribution is 0.0597. The van der Waals surface area contributed by atoms with Gasteiger partial charge in [0.05, 0.1) is 12.7 Å². The van der Waals surface area contributed by atoms with Gasteiger partial charge in [-0.25, -0.2) is 4.79 Å². The van der Waals surface area contributed by atoms with Crippen LogP contribution >= 0.6 is 11.8 Å². The fourth-order valence-electron chi connectivity index (χ4n) is 1.79. The third-order valence-corrected chi connectivity index (χ3v) is 3.86. The Hall–Kier alpha value is -1.74. The van der Waals surface area contributed by atoms with Crippen LogP contribution in [0.5, 0.6) is 0 Å². The molecule has 0 heterocycles. The average molecular weight is 272 g/mol. The molecule has 19 heavy (non-hydrogen) atoms. The van der Waals surface area contributed by atoms with Crippen LogP contribution in [0.2, 0.25) is 0 Å². The molecule has 0 fully saturated rings. The van der Waals surface area contributed by atoms with Crippen LogP contribution in [0.3, 0.4) is 0 Å². The second-order valence-corrected chi connectivity index (χ2v) is 5.21. The number of methoxy groups -OCH3 is 1. The third kappa shape index (κ3) is 3.86. The van der Waals surface area contributed by atoms with Crippen LogP contribution in [0.15, 0.2) is 59.5 Å². The van der Waals surface area contributed by atoms with Crippen molar-refractivity contribution >= 4 is 17.7 Å². The van der Waals surface area contributed by atoms with E-state index in [1.54, 1.807) is 17.8 Å². The fraction of sp³-hybridized carbons (Fsp3) is 0.188. The summed E-state index contributed by atoms with van der Waals surface area (Å²) in [4.78, 5) is 12.6. The maximum Gasteiger partial charge on any atom is 0.338 e. The maximum absolute atomic E-state index is 11.6. The van der Waals surface area contributed by atoms with E-state index in [9.17, 15) is 4.79 Å². The van der Waals surface area contributed by atoms with E-state index in [4.69, 9.17) is 4.74 Å². The number of esters is 1. The molecule has 0 aliphatic carbocycles. The first kappa shape index (κ1) is 13.7. The number of aryl methyl sites for hydroxylation is 1. The monoisotopic (exact) mass is 272 g/mol. The molecule has 3 heteroatoms. The molecule has 98 valence electrons. The van der Waals surface area contributed by atoms with Crippen LogP contribution < -0.4 is 0 Å². The van der Waals surface area contributed by atoms with E-state index >= 15 is 0 Å². The van der Waals surface area contributed by atoms with Gasteiger partial charge in [-0.05, 0) is 24.1 Å². The van der Waals surface area contributed by atoms with Crippen LogP contribution in [0.1, 0.15) is 15.9 Å². The number of ether oxygens (including phenoxy) is 1. The van der Waals surface area contributed by atoms with Crippen LogP contribution in [-0.4, -0.2) is 18.8 Å². The summed E-state index contributed by atoms with van der Waals surface area (Å²) >= 11 is 1.68. The first-order chi connectivity index (χ1) is 9.31. The zero-order chi connectivity index (χ0) is 13.5. The molecule has 0 saturated carbocycles. The topological polar surface area (TPSA) is 26.3 Å². The highest BCUT2D eigenvalue weighted by atomic mass is 32.2. The lowest BCUT2D eigenvalue weighted by Crippen LogP contribution is -2.03. The van der Waals surface area contributed by atoms with Crippen molar-refractivity contribution < 1.29 is 9.53 Å². The molecular weight excluding hydrogens is 256 g/mol. The van der Waals surface area contributed by atoms with Gasteiger partial charge in [-0.2, -0.15) is 0 Å². The molecule has 0 amide bonds. The standard InChI is InChI=1S/C16H16O2S/c1-18-16(17)14-9-5-6-10-15(14)19-12-11-13-7-3-2-4-8-13/h2-10H,11-12H2,1H3. The molecule has 2 aromatic rings. The highest BCUT2D eigenvalue weighted by Crippen LogP contribution is 2.24. The Morgan fingerprint density at radius 2 is 1.74 bits per heavy atom. The number of carbonyl (C=O) groups is 1. The molecule has 0 radical (unpaired) electrons. The number of rotatable bonds is 5. The van der Waals surface area contributed by atoms with Crippen molar-refractivity contribution in [3.05, 3.63) is 65.7 Å². The number of thioether (sulfide) groups is 1. The van der Waals surface area contributed by atoms with E-state index < -0.39 is 0 Å². The van der Waals surface area contributed by atoms with Crippen LogP contribution in [0, 0.1) is 0 Å². The van der Waals surface area contributed by atoms with Gasteiger partial charge in [-0.1, -0.05) is 42.5 Å². The molecule has 2 aromatic carbocycles. The zero-order valence-electron chi connectivity index (χ0n) is 10.8. The van der Waals surface area contributed by atoms with E-state index in [2.05, 4.69) is 12.1 Å². The minimum atomic E-state index is -0.275. The Bertz CT molecular complexity index is 537. The van der Waals surface area contributed by atoms with Crippen molar-refractivity contribution in [2.75, 3.05) is 12.9 Å². The van der Waals surface area contributed by atoms with E-state index in [0.717, 1.165) is 17.1 Å². The van der Waals surface area contributed by atoms with Crippen LogP contribution in [-0.2, 0) is 11.2 Å². The molecule has 0 unspecified atom stereocenters. The predicted molar refractivity (Wildman–Crippen MR) is 78.7 cm³/mol. The number of hydrogen-bond acceptors (Lipinski definition) is 3. The minimum Gasteiger partial charge on any atom is -0.465 e. The first-order valence-corrected chi connectivity index (χ1v) is 7.14. The molecule has 0 bridgehead atoms. The predicted octanol–water partition coefficient (Wildman–Crippen LogP) is 3.81. The SMILES string of the molecule is COC(=O)c1ccccc1SCCc1ccccc1. The summed E-state index contributed by atoms with van der Waals surface area (Å²) in [6.07, 6.45) is 0.987. The van der Waals surface area contributed by atoms with E-state index in [0.29, 0.717) is 5.56 Å². The normalized spacial score (nSPS) is 10.2. The van der Waals surface area contributed by atoms with Crippen molar-refractivity contribution in [2.24, 2.45) is 0 Å². The molecule has 0 saturated heterocycles. The van der Waals surface area contributed by atoms with Gasteiger partial charge < -0.3 is 4.74 Å².